The lowest BCUT2D eigenvalue weighted by Crippen LogP contribution is -2.24. The number of amides is 1. The number of hydrogen-bond donors (Lipinski definition) is 2. The predicted octanol–water partition coefficient (Wildman–Crippen LogP) is 2.59. The first kappa shape index (κ1) is 12.4. The van der Waals surface area contributed by atoms with Crippen LogP contribution in [0.2, 0.25) is 5.02 Å². The second-order valence-electron chi connectivity index (χ2n) is 3.83. The zero-order chi connectivity index (χ0) is 13.1. The van der Waals surface area contributed by atoms with Gasteiger partial charge in [-0.05, 0) is 42.8 Å². The van der Waals surface area contributed by atoms with E-state index in [0.717, 1.165) is 0 Å². The summed E-state index contributed by atoms with van der Waals surface area (Å²) in [5.41, 5.74) is 0.936. The topological polar surface area (TPSA) is 62.0 Å². The van der Waals surface area contributed by atoms with Gasteiger partial charge in [0.05, 0.1) is 0 Å². The van der Waals surface area contributed by atoms with Gasteiger partial charge in [-0.25, -0.2) is 0 Å². The third-order valence-electron chi connectivity index (χ3n) is 2.50. The van der Waals surface area contributed by atoms with Crippen molar-refractivity contribution in [3.63, 3.8) is 0 Å². The van der Waals surface area contributed by atoms with Gasteiger partial charge in [-0.2, -0.15) is 0 Å². The molecule has 5 heteroatoms. The van der Waals surface area contributed by atoms with Gasteiger partial charge in [0, 0.05) is 16.9 Å². The van der Waals surface area contributed by atoms with Crippen LogP contribution in [-0.4, -0.2) is 10.9 Å². The molecular weight excluding hydrogens is 252 g/mol. The first-order valence-electron chi connectivity index (χ1n) is 5.33. The molecule has 1 heterocycles. The fourth-order valence-corrected chi connectivity index (χ4v) is 1.71. The molecule has 0 aliphatic rings. The highest BCUT2D eigenvalue weighted by atomic mass is 35.5. The molecule has 2 aromatic rings. The molecule has 1 aromatic carbocycles. The van der Waals surface area contributed by atoms with Gasteiger partial charge in [-0.3, -0.25) is 9.59 Å². The Hall–Kier alpha value is -2.07. The van der Waals surface area contributed by atoms with Crippen LogP contribution >= 0.6 is 11.6 Å². The SMILES string of the molecule is Cc1cc[nH]c(=O)c1C(=O)Nc1ccc(Cl)cc1. The monoisotopic (exact) mass is 262 g/mol. The summed E-state index contributed by atoms with van der Waals surface area (Å²) in [7, 11) is 0. The van der Waals surface area contributed by atoms with Gasteiger partial charge in [0.15, 0.2) is 0 Å². The van der Waals surface area contributed by atoms with Crippen molar-refractivity contribution in [1.82, 2.24) is 4.98 Å². The van der Waals surface area contributed by atoms with E-state index in [1.807, 2.05) is 0 Å². The fraction of sp³-hybridized carbons (Fsp3) is 0.0769. The van der Waals surface area contributed by atoms with E-state index in [9.17, 15) is 9.59 Å². The summed E-state index contributed by atoms with van der Waals surface area (Å²) in [4.78, 5) is 26.0. The van der Waals surface area contributed by atoms with Crippen molar-refractivity contribution < 1.29 is 4.79 Å². The molecule has 2 N–H and O–H groups in total. The highest BCUT2D eigenvalue weighted by Crippen LogP contribution is 2.14. The van der Waals surface area contributed by atoms with Crippen LogP contribution in [0.25, 0.3) is 0 Å². The number of H-pyrrole nitrogens is 1. The number of halogens is 1. The lowest BCUT2D eigenvalue weighted by Gasteiger charge is -2.06. The number of carbonyl (C=O) groups is 1. The number of aromatic amines is 1. The van der Waals surface area contributed by atoms with Gasteiger partial charge >= 0.3 is 0 Å². The van der Waals surface area contributed by atoms with Crippen LogP contribution < -0.4 is 10.9 Å². The number of anilines is 1. The molecule has 0 radical (unpaired) electrons. The lowest BCUT2D eigenvalue weighted by atomic mass is 10.1. The molecule has 0 aliphatic heterocycles. The molecule has 92 valence electrons. The Balaban J connectivity index is 2.28. The number of nitrogens with one attached hydrogen (secondary N) is 2. The maximum absolute atomic E-state index is 12.0. The molecule has 1 amide bonds. The lowest BCUT2D eigenvalue weighted by molar-refractivity contribution is 0.102. The molecule has 2 rings (SSSR count). The first-order valence-corrected chi connectivity index (χ1v) is 5.71. The number of rotatable bonds is 2. The van der Waals surface area contributed by atoms with Crippen LogP contribution in [-0.2, 0) is 0 Å². The maximum atomic E-state index is 12.0. The Labute approximate surface area is 109 Å². The molecule has 4 nitrogen and oxygen atoms in total. The number of carbonyl (C=O) groups excluding carboxylic acids is 1. The molecule has 0 saturated carbocycles. The third kappa shape index (κ3) is 2.60. The summed E-state index contributed by atoms with van der Waals surface area (Å²) in [6.07, 6.45) is 1.51. The van der Waals surface area contributed by atoms with E-state index in [2.05, 4.69) is 10.3 Å². The van der Waals surface area contributed by atoms with E-state index < -0.39 is 11.5 Å². The summed E-state index contributed by atoms with van der Waals surface area (Å²) in [6.45, 7) is 1.71. The summed E-state index contributed by atoms with van der Waals surface area (Å²) in [5, 5.41) is 3.23. The van der Waals surface area contributed by atoms with E-state index in [4.69, 9.17) is 11.6 Å². The molecule has 0 aliphatic carbocycles. The Morgan fingerprint density at radius 2 is 1.89 bits per heavy atom. The van der Waals surface area contributed by atoms with E-state index in [0.29, 0.717) is 16.3 Å². The van der Waals surface area contributed by atoms with Crippen molar-refractivity contribution in [2.75, 3.05) is 5.32 Å². The molecule has 18 heavy (non-hydrogen) atoms. The van der Waals surface area contributed by atoms with E-state index in [1.165, 1.54) is 6.20 Å². The summed E-state index contributed by atoms with van der Waals surface area (Å²) >= 11 is 5.75. The molecule has 1 aromatic heterocycles. The molecule has 0 fully saturated rings. The van der Waals surface area contributed by atoms with Crippen molar-refractivity contribution in [3.8, 4) is 0 Å². The summed E-state index contributed by atoms with van der Waals surface area (Å²) in [6, 6.07) is 8.36. The second kappa shape index (κ2) is 5.06. The van der Waals surface area contributed by atoms with Gasteiger partial charge in [-0.1, -0.05) is 11.6 Å². The van der Waals surface area contributed by atoms with Crippen LogP contribution in [0.3, 0.4) is 0 Å². The number of aryl methyl sites for hydroxylation is 1. The van der Waals surface area contributed by atoms with Crippen molar-refractivity contribution in [1.29, 1.82) is 0 Å². The number of hydrogen-bond acceptors (Lipinski definition) is 2. The highest BCUT2D eigenvalue weighted by molar-refractivity contribution is 6.30. The fourth-order valence-electron chi connectivity index (χ4n) is 1.59. The normalized spacial score (nSPS) is 10.1. The second-order valence-corrected chi connectivity index (χ2v) is 4.26. The van der Waals surface area contributed by atoms with Gasteiger partial charge in [0.25, 0.3) is 11.5 Å². The molecular formula is C13H11ClN2O2. The largest absolute Gasteiger partial charge is 0.328 e. The minimum absolute atomic E-state index is 0.118. The van der Waals surface area contributed by atoms with Crippen molar-refractivity contribution in [2.45, 2.75) is 6.92 Å². The van der Waals surface area contributed by atoms with Crippen LogP contribution in [0.1, 0.15) is 15.9 Å². The number of aromatic nitrogens is 1. The molecule has 0 atom stereocenters. The van der Waals surface area contributed by atoms with Gasteiger partial charge in [0.1, 0.15) is 5.56 Å². The van der Waals surface area contributed by atoms with Crippen LogP contribution in [0.5, 0.6) is 0 Å². The van der Waals surface area contributed by atoms with Gasteiger partial charge in [-0.15, -0.1) is 0 Å². The van der Waals surface area contributed by atoms with Gasteiger partial charge in [0.2, 0.25) is 0 Å². The quantitative estimate of drug-likeness (QED) is 0.874. The summed E-state index contributed by atoms with van der Waals surface area (Å²) in [5.74, 6) is -0.434. The Morgan fingerprint density at radius 3 is 2.50 bits per heavy atom. The van der Waals surface area contributed by atoms with E-state index in [1.54, 1.807) is 37.3 Å². The number of pyridine rings is 1. The van der Waals surface area contributed by atoms with Crippen molar-refractivity contribution in [3.05, 3.63) is 63.0 Å². The smallest absolute Gasteiger partial charge is 0.261 e. The minimum atomic E-state index is -0.434. The van der Waals surface area contributed by atoms with Crippen molar-refractivity contribution in [2.24, 2.45) is 0 Å². The van der Waals surface area contributed by atoms with Crippen LogP contribution in [0, 0.1) is 6.92 Å². The summed E-state index contributed by atoms with van der Waals surface area (Å²) < 4.78 is 0. The molecule has 0 bridgehead atoms. The Kier molecular flexibility index (Phi) is 3.48. The first-order chi connectivity index (χ1) is 8.58. The number of benzene rings is 1. The molecule has 0 unspecified atom stereocenters. The predicted molar refractivity (Wildman–Crippen MR) is 71.2 cm³/mol. The Morgan fingerprint density at radius 1 is 1.22 bits per heavy atom. The molecule has 0 spiro atoms. The standard InChI is InChI=1S/C13H11ClN2O2/c1-8-6-7-15-12(17)11(8)13(18)16-10-4-2-9(14)3-5-10/h2-7H,1H3,(H,15,17)(H,16,18). The molecule has 0 saturated heterocycles. The van der Waals surface area contributed by atoms with E-state index >= 15 is 0 Å². The minimum Gasteiger partial charge on any atom is -0.328 e. The Bertz CT molecular complexity index is 632. The van der Waals surface area contributed by atoms with E-state index in [-0.39, 0.29) is 5.56 Å². The highest BCUT2D eigenvalue weighted by Gasteiger charge is 2.13. The van der Waals surface area contributed by atoms with Gasteiger partial charge < -0.3 is 10.3 Å². The van der Waals surface area contributed by atoms with Crippen molar-refractivity contribution >= 4 is 23.2 Å². The third-order valence-corrected chi connectivity index (χ3v) is 2.75. The zero-order valence-electron chi connectivity index (χ0n) is 9.66. The average Bonchev–Trinajstić information content (AvgIpc) is 2.32. The van der Waals surface area contributed by atoms with Crippen LogP contribution in [0.4, 0.5) is 5.69 Å². The zero-order valence-corrected chi connectivity index (χ0v) is 10.4. The average molecular weight is 263 g/mol. The maximum Gasteiger partial charge on any atom is 0.261 e. The van der Waals surface area contributed by atoms with Crippen LogP contribution in [0.15, 0.2) is 41.3 Å².